The van der Waals surface area contributed by atoms with E-state index in [1.54, 1.807) is 0 Å². The second-order valence-corrected chi connectivity index (χ2v) is 14.3. The number of hydrogen-bond donors (Lipinski definition) is 0. The first-order valence-electron chi connectivity index (χ1n) is 17.1. The standard InChI is InChI=1S/C48H32/c1-47(31-17-5-3-6-18-31)41-25-37-33-21-9-13-29-15-11-23-35(45(29)33)39(37)27-43(41)48(2,32-19-7-4-8-20-32)44-28-40-36-24-12-16-30-14-10-22-34(46(30)36)38(40)26-42(44)47/h3-28H,1-2H3. The Hall–Kier alpha value is -5.72. The van der Waals surface area contributed by atoms with Crippen molar-refractivity contribution in [3.63, 3.8) is 0 Å². The molecule has 0 unspecified atom stereocenters. The molecule has 224 valence electrons. The molecule has 0 amide bonds. The summed E-state index contributed by atoms with van der Waals surface area (Å²) in [6.07, 6.45) is 0. The van der Waals surface area contributed by atoms with Crippen LogP contribution in [-0.2, 0) is 10.8 Å². The molecule has 0 nitrogen and oxygen atoms in total. The molecule has 0 saturated heterocycles. The number of rotatable bonds is 2. The maximum Gasteiger partial charge on any atom is 0.0430 e. The molecule has 0 fully saturated rings. The minimum Gasteiger partial charge on any atom is -0.0622 e. The summed E-state index contributed by atoms with van der Waals surface area (Å²) in [5.41, 5.74) is 18.2. The van der Waals surface area contributed by atoms with Crippen molar-refractivity contribution in [1.29, 1.82) is 0 Å². The third-order valence-corrected chi connectivity index (χ3v) is 12.1. The highest BCUT2D eigenvalue weighted by Crippen LogP contribution is 2.61. The quantitative estimate of drug-likeness (QED) is 0.183. The van der Waals surface area contributed by atoms with Gasteiger partial charge in [-0.15, -0.1) is 0 Å². The monoisotopic (exact) mass is 608 g/mol. The van der Waals surface area contributed by atoms with Crippen LogP contribution in [0.2, 0.25) is 0 Å². The molecule has 0 aliphatic heterocycles. The molecule has 0 heteroatoms. The Balaban J connectivity index is 1.31. The van der Waals surface area contributed by atoms with E-state index in [9.17, 15) is 0 Å². The van der Waals surface area contributed by atoms with Gasteiger partial charge in [-0.1, -0.05) is 133 Å². The van der Waals surface area contributed by atoms with Crippen LogP contribution in [0.3, 0.4) is 0 Å². The lowest BCUT2D eigenvalue weighted by atomic mass is 9.54. The van der Waals surface area contributed by atoms with E-state index in [-0.39, 0.29) is 10.8 Å². The Kier molecular flexibility index (Phi) is 4.94. The Labute approximate surface area is 281 Å². The predicted molar refractivity (Wildman–Crippen MR) is 201 cm³/mol. The van der Waals surface area contributed by atoms with Crippen LogP contribution in [-0.4, -0.2) is 0 Å². The molecule has 0 heterocycles. The molecule has 11 rings (SSSR count). The Morgan fingerprint density at radius 1 is 0.292 bits per heavy atom. The molecular weight excluding hydrogens is 577 g/mol. The SMILES string of the molecule is CC1(c2ccccc2)c2cc3c(cc2C(C)(c2ccccc2)c2cc4c(cc21)-c1cccc2cccc-4c12)-c1cccc2cccc-3c12. The molecule has 0 radical (unpaired) electrons. The van der Waals surface area contributed by atoms with Gasteiger partial charge in [0.15, 0.2) is 0 Å². The molecule has 48 heavy (non-hydrogen) atoms. The minimum absolute atomic E-state index is 0.379. The van der Waals surface area contributed by atoms with Crippen LogP contribution < -0.4 is 0 Å². The van der Waals surface area contributed by atoms with Gasteiger partial charge in [0.1, 0.15) is 0 Å². The van der Waals surface area contributed by atoms with Gasteiger partial charge < -0.3 is 0 Å². The van der Waals surface area contributed by atoms with Crippen LogP contribution in [0, 0.1) is 0 Å². The van der Waals surface area contributed by atoms with Gasteiger partial charge in [0, 0.05) is 10.8 Å². The Morgan fingerprint density at radius 2 is 0.583 bits per heavy atom. The van der Waals surface area contributed by atoms with Gasteiger partial charge in [-0.3, -0.25) is 0 Å². The summed E-state index contributed by atoms with van der Waals surface area (Å²) in [6, 6.07) is 59.9. The summed E-state index contributed by atoms with van der Waals surface area (Å²) in [4.78, 5) is 0. The third kappa shape index (κ3) is 3.07. The zero-order valence-electron chi connectivity index (χ0n) is 27.0. The molecule has 0 N–H and O–H groups in total. The lowest BCUT2D eigenvalue weighted by Gasteiger charge is -2.48. The summed E-state index contributed by atoms with van der Waals surface area (Å²) in [5, 5.41) is 5.37. The molecule has 0 aromatic heterocycles. The molecule has 3 aliphatic carbocycles. The van der Waals surface area contributed by atoms with Crippen molar-refractivity contribution in [3.05, 3.63) is 191 Å². The Morgan fingerprint density at radius 3 is 0.875 bits per heavy atom. The van der Waals surface area contributed by atoms with Gasteiger partial charge in [-0.25, -0.2) is 0 Å². The van der Waals surface area contributed by atoms with Gasteiger partial charge in [0.2, 0.25) is 0 Å². The third-order valence-electron chi connectivity index (χ3n) is 12.1. The van der Waals surface area contributed by atoms with Crippen molar-refractivity contribution in [3.8, 4) is 44.5 Å². The van der Waals surface area contributed by atoms with E-state index >= 15 is 0 Å². The zero-order chi connectivity index (χ0) is 31.8. The molecule has 8 aromatic carbocycles. The van der Waals surface area contributed by atoms with E-state index in [0.29, 0.717) is 0 Å². The number of benzene rings is 8. The van der Waals surface area contributed by atoms with Crippen molar-refractivity contribution < 1.29 is 0 Å². The van der Waals surface area contributed by atoms with Gasteiger partial charge in [0.25, 0.3) is 0 Å². The predicted octanol–water partition coefficient (Wildman–Crippen LogP) is 12.3. The first kappa shape index (κ1) is 26.4. The van der Waals surface area contributed by atoms with Gasteiger partial charge in [0.05, 0.1) is 0 Å². The highest BCUT2D eigenvalue weighted by Gasteiger charge is 2.49. The maximum absolute atomic E-state index is 2.57. The molecule has 0 bridgehead atoms. The second kappa shape index (κ2) is 9.00. The molecule has 0 atom stereocenters. The lowest BCUT2D eigenvalue weighted by molar-refractivity contribution is 0.568. The summed E-state index contributed by atoms with van der Waals surface area (Å²) in [7, 11) is 0. The number of hydrogen-bond acceptors (Lipinski definition) is 0. The van der Waals surface area contributed by atoms with E-state index in [0.717, 1.165) is 0 Å². The Bertz CT molecular complexity index is 2360. The highest BCUT2D eigenvalue weighted by molar-refractivity contribution is 6.17. The van der Waals surface area contributed by atoms with Crippen LogP contribution in [0.25, 0.3) is 66.1 Å². The van der Waals surface area contributed by atoms with E-state index in [2.05, 4.69) is 172 Å². The van der Waals surface area contributed by atoms with Crippen LogP contribution >= 0.6 is 0 Å². The molecular formula is C48H32. The van der Waals surface area contributed by atoms with Crippen LogP contribution in [0.4, 0.5) is 0 Å². The summed E-state index contributed by atoms with van der Waals surface area (Å²) < 4.78 is 0. The molecule has 0 spiro atoms. The van der Waals surface area contributed by atoms with Crippen molar-refractivity contribution in [1.82, 2.24) is 0 Å². The van der Waals surface area contributed by atoms with Gasteiger partial charge in [-0.2, -0.15) is 0 Å². The maximum atomic E-state index is 2.57. The van der Waals surface area contributed by atoms with Crippen LogP contribution in [0.1, 0.15) is 47.2 Å². The lowest BCUT2D eigenvalue weighted by Crippen LogP contribution is -2.41. The smallest absolute Gasteiger partial charge is 0.0430 e. The van der Waals surface area contributed by atoms with Crippen molar-refractivity contribution >= 4 is 21.5 Å². The summed E-state index contributed by atoms with van der Waals surface area (Å²) in [6.45, 7) is 4.96. The fraction of sp³-hybridized carbons (Fsp3) is 0.0833. The van der Waals surface area contributed by atoms with E-state index in [1.807, 2.05) is 0 Å². The molecule has 8 aromatic rings. The fourth-order valence-corrected chi connectivity index (χ4v) is 9.78. The first-order valence-corrected chi connectivity index (χ1v) is 17.1. The van der Waals surface area contributed by atoms with Gasteiger partial charge in [-0.05, 0) is 138 Å². The van der Waals surface area contributed by atoms with E-state index in [1.165, 1.54) is 99.4 Å². The number of fused-ring (bicyclic) bond motifs is 8. The van der Waals surface area contributed by atoms with Crippen molar-refractivity contribution in [2.75, 3.05) is 0 Å². The molecule has 0 saturated carbocycles. The second-order valence-electron chi connectivity index (χ2n) is 14.3. The first-order chi connectivity index (χ1) is 23.6. The van der Waals surface area contributed by atoms with Crippen LogP contribution in [0.5, 0.6) is 0 Å². The minimum atomic E-state index is -0.379. The average molecular weight is 609 g/mol. The van der Waals surface area contributed by atoms with Gasteiger partial charge >= 0.3 is 0 Å². The average Bonchev–Trinajstić information content (AvgIpc) is 3.64. The fourth-order valence-electron chi connectivity index (χ4n) is 9.78. The topological polar surface area (TPSA) is 0 Å². The largest absolute Gasteiger partial charge is 0.0622 e. The summed E-state index contributed by atoms with van der Waals surface area (Å²) in [5.74, 6) is 0. The molecule has 3 aliphatic rings. The van der Waals surface area contributed by atoms with Crippen molar-refractivity contribution in [2.45, 2.75) is 24.7 Å². The van der Waals surface area contributed by atoms with Crippen LogP contribution in [0.15, 0.2) is 158 Å². The van der Waals surface area contributed by atoms with Crippen molar-refractivity contribution in [2.24, 2.45) is 0 Å². The highest BCUT2D eigenvalue weighted by atomic mass is 14.5. The van der Waals surface area contributed by atoms with E-state index in [4.69, 9.17) is 0 Å². The normalized spacial score (nSPS) is 19.2. The van der Waals surface area contributed by atoms with E-state index < -0.39 is 0 Å². The zero-order valence-corrected chi connectivity index (χ0v) is 27.0. The summed E-state index contributed by atoms with van der Waals surface area (Å²) >= 11 is 0.